The SMILES string of the molecule is COc1cncc(C2(N)CCCCC2C2CCCCC2)c1. The van der Waals surface area contributed by atoms with E-state index < -0.39 is 0 Å². The molecule has 2 fully saturated rings. The van der Waals surface area contributed by atoms with Crippen molar-refractivity contribution < 1.29 is 4.74 Å². The molecule has 0 saturated heterocycles. The van der Waals surface area contributed by atoms with Crippen LogP contribution in [0.5, 0.6) is 5.75 Å². The van der Waals surface area contributed by atoms with Crippen LogP contribution in [0.15, 0.2) is 18.5 Å². The molecule has 0 amide bonds. The van der Waals surface area contributed by atoms with Gasteiger partial charge in [-0.05, 0) is 36.3 Å². The van der Waals surface area contributed by atoms with Crippen LogP contribution in [0.25, 0.3) is 0 Å². The zero-order chi connectivity index (χ0) is 14.7. The molecule has 1 aromatic rings. The predicted octanol–water partition coefficient (Wildman–Crippen LogP) is 4.01. The van der Waals surface area contributed by atoms with Crippen molar-refractivity contribution in [1.82, 2.24) is 4.98 Å². The molecule has 2 aliphatic rings. The molecule has 2 N–H and O–H groups in total. The monoisotopic (exact) mass is 288 g/mol. The summed E-state index contributed by atoms with van der Waals surface area (Å²) in [5.74, 6) is 2.24. The zero-order valence-electron chi connectivity index (χ0n) is 13.2. The molecule has 2 aliphatic carbocycles. The summed E-state index contributed by atoms with van der Waals surface area (Å²) >= 11 is 0. The van der Waals surface area contributed by atoms with Gasteiger partial charge in [0.25, 0.3) is 0 Å². The molecule has 3 nitrogen and oxygen atoms in total. The first-order chi connectivity index (χ1) is 10.2. The first kappa shape index (κ1) is 14.8. The second-order valence-corrected chi connectivity index (χ2v) is 6.90. The van der Waals surface area contributed by atoms with Crippen molar-refractivity contribution in [3.05, 3.63) is 24.0 Å². The molecule has 1 aromatic heterocycles. The van der Waals surface area contributed by atoms with Gasteiger partial charge >= 0.3 is 0 Å². The second kappa shape index (κ2) is 6.35. The van der Waals surface area contributed by atoms with Gasteiger partial charge in [0.2, 0.25) is 0 Å². The van der Waals surface area contributed by atoms with Crippen LogP contribution in [0, 0.1) is 11.8 Å². The van der Waals surface area contributed by atoms with E-state index in [0.29, 0.717) is 5.92 Å². The number of nitrogens with two attached hydrogens (primary N) is 1. The fraction of sp³-hybridized carbons (Fsp3) is 0.722. The molecule has 2 atom stereocenters. The Balaban J connectivity index is 1.90. The summed E-state index contributed by atoms with van der Waals surface area (Å²) in [6.07, 6.45) is 15.6. The number of hydrogen-bond acceptors (Lipinski definition) is 3. The van der Waals surface area contributed by atoms with E-state index in [9.17, 15) is 0 Å². The van der Waals surface area contributed by atoms with Crippen molar-refractivity contribution in [3.63, 3.8) is 0 Å². The molecule has 1 heterocycles. The summed E-state index contributed by atoms with van der Waals surface area (Å²) in [5, 5.41) is 0. The maximum absolute atomic E-state index is 6.98. The number of ether oxygens (including phenoxy) is 1. The number of rotatable bonds is 3. The van der Waals surface area contributed by atoms with Gasteiger partial charge in [-0.1, -0.05) is 44.9 Å². The first-order valence-electron chi connectivity index (χ1n) is 8.52. The Labute approximate surface area is 128 Å². The Morgan fingerprint density at radius 2 is 1.86 bits per heavy atom. The first-order valence-corrected chi connectivity index (χ1v) is 8.52. The quantitative estimate of drug-likeness (QED) is 0.914. The summed E-state index contributed by atoms with van der Waals surface area (Å²) in [7, 11) is 1.70. The fourth-order valence-corrected chi connectivity index (χ4v) is 4.56. The molecular formula is C18H28N2O. The minimum absolute atomic E-state index is 0.207. The van der Waals surface area contributed by atoms with Gasteiger partial charge < -0.3 is 10.5 Å². The smallest absolute Gasteiger partial charge is 0.137 e. The lowest BCUT2D eigenvalue weighted by molar-refractivity contribution is 0.0981. The molecule has 2 unspecified atom stereocenters. The van der Waals surface area contributed by atoms with E-state index in [1.165, 1.54) is 56.9 Å². The Morgan fingerprint density at radius 1 is 1.10 bits per heavy atom. The van der Waals surface area contributed by atoms with Crippen molar-refractivity contribution in [2.75, 3.05) is 7.11 Å². The summed E-state index contributed by atoms with van der Waals surface area (Å²) in [6.45, 7) is 0. The fourth-order valence-electron chi connectivity index (χ4n) is 4.56. The van der Waals surface area contributed by atoms with Crippen LogP contribution >= 0.6 is 0 Å². The third-order valence-corrected chi connectivity index (χ3v) is 5.72. The van der Waals surface area contributed by atoms with Crippen LogP contribution in [-0.4, -0.2) is 12.1 Å². The third-order valence-electron chi connectivity index (χ3n) is 5.72. The molecule has 0 bridgehead atoms. The highest BCUT2D eigenvalue weighted by Crippen LogP contribution is 2.47. The van der Waals surface area contributed by atoms with Crippen molar-refractivity contribution in [1.29, 1.82) is 0 Å². The molecule has 21 heavy (non-hydrogen) atoms. The molecule has 0 aromatic carbocycles. The lowest BCUT2D eigenvalue weighted by atomic mass is 9.62. The maximum atomic E-state index is 6.98. The van der Waals surface area contributed by atoms with Gasteiger partial charge in [-0.15, -0.1) is 0 Å². The van der Waals surface area contributed by atoms with E-state index >= 15 is 0 Å². The highest BCUT2D eigenvalue weighted by atomic mass is 16.5. The summed E-state index contributed by atoms with van der Waals surface area (Å²) in [5.41, 5.74) is 7.95. The Morgan fingerprint density at radius 3 is 2.62 bits per heavy atom. The van der Waals surface area contributed by atoms with Gasteiger partial charge in [0.1, 0.15) is 5.75 Å². The van der Waals surface area contributed by atoms with Crippen molar-refractivity contribution in [3.8, 4) is 5.75 Å². The third kappa shape index (κ3) is 2.94. The summed E-state index contributed by atoms with van der Waals surface area (Å²) in [4.78, 5) is 4.35. The molecule has 2 saturated carbocycles. The van der Waals surface area contributed by atoms with Gasteiger partial charge in [-0.25, -0.2) is 0 Å². The molecular weight excluding hydrogens is 260 g/mol. The topological polar surface area (TPSA) is 48.1 Å². The van der Waals surface area contributed by atoms with Gasteiger partial charge in [-0.3, -0.25) is 4.98 Å². The molecule has 0 radical (unpaired) electrons. The van der Waals surface area contributed by atoms with Crippen LogP contribution in [0.1, 0.15) is 63.4 Å². The van der Waals surface area contributed by atoms with E-state index in [4.69, 9.17) is 10.5 Å². The van der Waals surface area contributed by atoms with Crippen LogP contribution in [0.4, 0.5) is 0 Å². The van der Waals surface area contributed by atoms with E-state index in [0.717, 1.165) is 18.1 Å². The van der Waals surface area contributed by atoms with Gasteiger partial charge in [0.05, 0.1) is 13.3 Å². The lowest BCUT2D eigenvalue weighted by Crippen LogP contribution is -2.49. The minimum atomic E-state index is -0.207. The van der Waals surface area contributed by atoms with Crippen LogP contribution in [0.3, 0.4) is 0 Å². The van der Waals surface area contributed by atoms with Crippen molar-refractivity contribution in [2.45, 2.75) is 63.3 Å². The van der Waals surface area contributed by atoms with Gasteiger partial charge in [-0.2, -0.15) is 0 Å². The largest absolute Gasteiger partial charge is 0.495 e. The number of hydrogen-bond donors (Lipinski definition) is 1. The average Bonchev–Trinajstić information content (AvgIpc) is 2.56. The summed E-state index contributed by atoms with van der Waals surface area (Å²) < 4.78 is 5.35. The number of methoxy groups -OCH3 is 1. The maximum Gasteiger partial charge on any atom is 0.137 e. The van der Waals surface area contributed by atoms with Crippen LogP contribution < -0.4 is 10.5 Å². The summed E-state index contributed by atoms with van der Waals surface area (Å²) in [6, 6.07) is 2.11. The van der Waals surface area contributed by atoms with Gasteiger partial charge in [0.15, 0.2) is 0 Å². The number of pyridine rings is 1. The van der Waals surface area contributed by atoms with Crippen molar-refractivity contribution in [2.24, 2.45) is 17.6 Å². The second-order valence-electron chi connectivity index (χ2n) is 6.90. The van der Waals surface area contributed by atoms with E-state index in [1.807, 2.05) is 6.20 Å². The minimum Gasteiger partial charge on any atom is -0.495 e. The van der Waals surface area contributed by atoms with Crippen LogP contribution in [0.2, 0.25) is 0 Å². The molecule has 116 valence electrons. The molecule has 3 rings (SSSR count). The lowest BCUT2D eigenvalue weighted by Gasteiger charge is -2.46. The van der Waals surface area contributed by atoms with E-state index in [1.54, 1.807) is 13.3 Å². The normalized spacial score (nSPS) is 31.0. The van der Waals surface area contributed by atoms with Crippen LogP contribution in [-0.2, 0) is 5.54 Å². The van der Waals surface area contributed by atoms with Gasteiger partial charge in [0, 0.05) is 11.7 Å². The Kier molecular flexibility index (Phi) is 4.48. The Hall–Kier alpha value is -1.09. The predicted molar refractivity (Wildman–Crippen MR) is 85.2 cm³/mol. The number of aromatic nitrogens is 1. The average molecular weight is 288 g/mol. The highest BCUT2D eigenvalue weighted by Gasteiger charge is 2.43. The van der Waals surface area contributed by atoms with E-state index in [-0.39, 0.29) is 5.54 Å². The number of nitrogens with zero attached hydrogens (tertiary/aromatic N) is 1. The molecule has 0 aliphatic heterocycles. The molecule has 0 spiro atoms. The van der Waals surface area contributed by atoms with Crippen molar-refractivity contribution >= 4 is 0 Å². The highest BCUT2D eigenvalue weighted by molar-refractivity contribution is 5.30. The Bertz CT molecular complexity index is 470. The standard InChI is InChI=1S/C18H28N2O/c1-21-16-11-15(12-20-13-16)18(19)10-6-5-9-17(18)14-7-3-2-4-8-14/h11-14,17H,2-10,19H2,1H3. The van der Waals surface area contributed by atoms with E-state index in [2.05, 4.69) is 11.1 Å². The zero-order valence-corrected chi connectivity index (χ0v) is 13.2. The molecule has 3 heteroatoms.